The van der Waals surface area contributed by atoms with Crippen LogP contribution in [0.4, 0.5) is 0 Å². The molecule has 6 heteroatoms. The smallest absolute Gasteiger partial charge is 0.214 e. The number of halogens is 1. The van der Waals surface area contributed by atoms with Crippen LogP contribution < -0.4 is 4.72 Å². The van der Waals surface area contributed by atoms with E-state index in [1.807, 2.05) is 12.1 Å². The summed E-state index contributed by atoms with van der Waals surface area (Å²) in [6, 6.07) is 5.88. The number of nitrogens with one attached hydrogen (secondary N) is 1. The molecule has 1 aromatic carbocycles. The number of rotatable bonds is 5. The quantitative estimate of drug-likeness (QED) is 0.889. The highest BCUT2D eigenvalue weighted by molar-refractivity contribution is 9.10. The maximum atomic E-state index is 12.0. The number of ether oxygens (including phenoxy) is 1. The molecule has 1 N–H and O–H groups in total. The maximum absolute atomic E-state index is 12.0. The fraction of sp³-hybridized carbons (Fsp3) is 0.538. The average molecular weight is 348 g/mol. The average Bonchev–Trinajstić information content (AvgIpc) is 2.70. The SMILES string of the molecule is CO[C@@H](C)CS(=O)(=O)N[C@@H]1CCc2cc(Br)ccc21. The molecule has 0 aliphatic heterocycles. The van der Waals surface area contributed by atoms with Crippen LogP contribution in [0.2, 0.25) is 0 Å². The second-order valence-corrected chi connectivity index (χ2v) is 7.59. The fourth-order valence-electron chi connectivity index (χ4n) is 2.35. The Hall–Kier alpha value is -0.430. The van der Waals surface area contributed by atoms with Crippen LogP contribution in [-0.4, -0.2) is 27.4 Å². The Kier molecular flexibility index (Phi) is 4.66. The normalized spacial score (nSPS) is 20.3. The Labute approximate surface area is 122 Å². The second kappa shape index (κ2) is 5.91. The molecule has 0 spiro atoms. The zero-order chi connectivity index (χ0) is 14.0. The molecule has 106 valence electrons. The number of hydrogen-bond donors (Lipinski definition) is 1. The van der Waals surface area contributed by atoms with Crippen molar-refractivity contribution in [1.29, 1.82) is 0 Å². The Morgan fingerprint density at radius 1 is 1.53 bits per heavy atom. The van der Waals surface area contributed by atoms with Gasteiger partial charge >= 0.3 is 0 Å². The van der Waals surface area contributed by atoms with Gasteiger partial charge in [0, 0.05) is 17.6 Å². The summed E-state index contributed by atoms with van der Waals surface area (Å²) in [5, 5.41) is 0. The predicted molar refractivity (Wildman–Crippen MR) is 78.6 cm³/mol. The number of hydrogen-bond acceptors (Lipinski definition) is 3. The first kappa shape index (κ1) is 15.0. The van der Waals surface area contributed by atoms with E-state index in [-0.39, 0.29) is 17.9 Å². The summed E-state index contributed by atoms with van der Waals surface area (Å²) in [6.45, 7) is 1.75. The minimum absolute atomic E-state index is 0.00807. The molecule has 0 amide bonds. The minimum Gasteiger partial charge on any atom is -0.381 e. The standard InChI is InChI=1S/C13H18BrNO3S/c1-9(18-2)8-19(16,17)15-13-6-3-10-7-11(14)4-5-12(10)13/h4-5,7,9,13,15H,3,6,8H2,1-2H3/t9-,13+/m0/s1. The third-order valence-electron chi connectivity index (χ3n) is 3.36. The van der Waals surface area contributed by atoms with Crippen LogP contribution in [-0.2, 0) is 21.2 Å². The van der Waals surface area contributed by atoms with Crippen molar-refractivity contribution in [3.8, 4) is 0 Å². The number of aryl methyl sites for hydroxylation is 1. The minimum atomic E-state index is -3.32. The molecule has 0 heterocycles. The van der Waals surface area contributed by atoms with Crippen molar-refractivity contribution in [3.05, 3.63) is 33.8 Å². The molecule has 0 radical (unpaired) electrons. The molecule has 1 aromatic rings. The van der Waals surface area contributed by atoms with E-state index < -0.39 is 10.0 Å². The van der Waals surface area contributed by atoms with Gasteiger partial charge in [-0.25, -0.2) is 13.1 Å². The summed E-state index contributed by atoms with van der Waals surface area (Å²) in [5.74, 6) is -0.00807. The summed E-state index contributed by atoms with van der Waals surface area (Å²) in [4.78, 5) is 0. The summed E-state index contributed by atoms with van der Waals surface area (Å²) >= 11 is 3.43. The van der Waals surface area contributed by atoms with Gasteiger partial charge in [-0.05, 0) is 43.0 Å². The molecule has 0 aromatic heterocycles. The Bertz CT molecular complexity index is 559. The highest BCUT2D eigenvalue weighted by Crippen LogP contribution is 2.33. The lowest BCUT2D eigenvalue weighted by Gasteiger charge is -2.16. The van der Waals surface area contributed by atoms with E-state index in [9.17, 15) is 8.42 Å². The van der Waals surface area contributed by atoms with Crippen LogP contribution in [0.5, 0.6) is 0 Å². The van der Waals surface area contributed by atoms with E-state index in [1.165, 1.54) is 12.7 Å². The van der Waals surface area contributed by atoms with Gasteiger partial charge < -0.3 is 4.74 Å². The molecule has 0 bridgehead atoms. The number of methoxy groups -OCH3 is 1. The van der Waals surface area contributed by atoms with E-state index in [2.05, 4.69) is 26.7 Å². The van der Waals surface area contributed by atoms with Crippen molar-refractivity contribution < 1.29 is 13.2 Å². The van der Waals surface area contributed by atoms with Gasteiger partial charge in [0.05, 0.1) is 11.9 Å². The predicted octanol–water partition coefficient (Wildman–Crippen LogP) is 2.39. The van der Waals surface area contributed by atoms with Gasteiger partial charge in [0.25, 0.3) is 0 Å². The number of sulfonamides is 1. The first-order chi connectivity index (χ1) is 8.91. The van der Waals surface area contributed by atoms with Crippen molar-refractivity contribution in [3.63, 3.8) is 0 Å². The first-order valence-corrected chi connectivity index (χ1v) is 8.67. The Morgan fingerprint density at radius 2 is 2.26 bits per heavy atom. The van der Waals surface area contributed by atoms with Gasteiger partial charge in [-0.3, -0.25) is 0 Å². The molecule has 4 nitrogen and oxygen atoms in total. The van der Waals surface area contributed by atoms with E-state index in [0.29, 0.717) is 0 Å². The van der Waals surface area contributed by atoms with Crippen molar-refractivity contribution in [1.82, 2.24) is 4.72 Å². The molecular weight excluding hydrogens is 330 g/mol. The zero-order valence-electron chi connectivity index (χ0n) is 11.0. The third kappa shape index (κ3) is 3.78. The van der Waals surface area contributed by atoms with Gasteiger partial charge in [0.2, 0.25) is 10.0 Å². The van der Waals surface area contributed by atoms with Crippen LogP contribution in [0.1, 0.15) is 30.5 Å². The molecule has 0 unspecified atom stereocenters. The molecule has 0 saturated carbocycles. The maximum Gasteiger partial charge on any atom is 0.214 e. The molecule has 1 aliphatic carbocycles. The van der Waals surface area contributed by atoms with Gasteiger partial charge in [0.15, 0.2) is 0 Å². The summed E-state index contributed by atoms with van der Waals surface area (Å²) in [6.07, 6.45) is 1.41. The van der Waals surface area contributed by atoms with E-state index in [1.54, 1.807) is 6.92 Å². The fourth-order valence-corrected chi connectivity index (χ4v) is 4.29. The Balaban J connectivity index is 2.11. The van der Waals surface area contributed by atoms with Crippen molar-refractivity contribution in [2.75, 3.05) is 12.9 Å². The summed E-state index contributed by atoms with van der Waals surface area (Å²) in [7, 11) is -1.80. The lowest BCUT2D eigenvalue weighted by atomic mass is 10.1. The topological polar surface area (TPSA) is 55.4 Å². The van der Waals surface area contributed by atoms with Crippen LogP contribution in [0, 0.1) is 0 Å². The zero-order valence-corrected chi connectivity index (χ0v) is 13.4. The van der Waals surface area contributed by atoms with Gasteiger partial charge in [-0.2, -0.15) is 0 Å². The van der Waals surface area contributed by atoms with E-state index in [0.717, 1.165) is 22.9 Å². The van der Waals surface area contributed by atoms with Crippen molar-refractivity contribution in [2.24, 2.45) is 0 Å². The monoisotopic (exact) mass is 347 g/mol. The van der Waals surface area contributed by atoms with E-state index >= 15 is 0 Å². The highest BCUT2D eigenvalue weighted by atomic mass is 79.9. The van der Waals surface area contributed by atoms with Crippen LogP contribution >= 0.6 is 15.9 Å². The van der Waals surface area contributed by atoms with Gasteiger partial charge in [-0.15, -0.1) is 0 Å². The van der Waals surface area contributed by atoms with Crippen molar-refractivity contribution in [2.45, 2.75) is 31.9 Å². The lowest BCUT2D eigenvalue weighted by molar-refractivity contribution is 0.136. The van der Waals surface area contributed by atoms with Crippen LogP contribution in [0.25, 0.3) is 0 Å². The first-order valence-electron chi connectivity index (χ1n) is 6.22. The summed E-state index contributed by atoms with van der Waals surface area (Å²) in [5.41, 5.74) is 2.29. The molecular formula is C13H18BrNO3S. The molecule has 2 rings (SSSR count). The lowest BCUT2D eigenvalue weighted by Crippen LogP contribution is -2.33. The van der Waals surface area contributed by atoms with E-state index in [4.69, 9.17) is 4.74 Å². The number of benzene rings is 1. The van der Waals surface area contributed by atoms with Gasteiger partial charge in [0.1, 0.15) is 0 Å². The molecule has 0 saturated heterocycles. The molecule has 1 aliphatic rings. The Morgan fingerprint density at radius 3 is 2.95 bits per heavy atom. The molecule has 0 fully saturated rings. The summed E-state index contributed by atoms with van der Waals surface area (Å²) < 4.78 is 32.9. The third-order valence-corrected chi connectivity index (χ3v) is 5.41. The molecule has 19 heavy (non-hydrogen) atoms. The van der Waals surface area contributed by atoms with Gasteiger partial charge in [-0.1, -0.05) is 22.0 Å². The number of fused-ring (bicyclic) bond motifs is 1. The van der Waals surface area contributed by atoms with Crippen LogP contribution in [0.15, 0.2) is 22.7 Å². The van der Waals surface area contributed by atoms with Crippen LogP contribution in [0.3, 0.4) is 0 Å². The molecule has 2 atom stereocenters. The second-order valence-electron chi connectivity index (χ2n) is 4.88. The largest absolute Gasteiger partial charge is 0.381 e. The highest BCUT2D eigenvalue weighted by Gasteiger charge is 2.27. The van der Waals surface area contributed by atoms with Crippen molar-refractivity contribution >= 4 is 26.0 Å².